The van der Waals surface area contributed by atoms with Crippen LogP contribution in [-0.4, -0.2) is 11.0 Å². The molecule has 0 aliphatic heterocycles. The first-order valence-corrected chi connectivity index (χ1v) is 7.47. The highest BCUT2D eigenvalue weighted by molar-refractivity contribution is 5.39. The second kappa shape index (κ2) is 5.53. The molecule has 112 valence electrons. The van der Waals surface area contributed by atoms with Crippen LogP contribution in [0.2, 0.25) is 0 Å². The molecule has 0 radical (unpaired) electrons. The Labute approximate surface area is 125 Å². The number of rotatable bonds is 5. The van der Waals surface area contributed by atoms with Crippen molar-refractivity contribution >= 4 is 0 Å². The number of ether oxygens (including phenoxy) is 1. The van der Waals surface area contributed by atoms with Gasteiger partial charge in [-0.1, -0.05) is 39.0 Å². The largest absolute Gasteiger partial charge is 0.417 e. The molecule has 0 unspecified atom stereocenters. The highest BCUT2D eigenvalue weighted by Gasteiger charge is 2.22. The lowest BCUT2D eigenvalue weighted by Gasteiger charge is -2.21. The Hall–Kier alpha value is -1.81. The summed E-state index contributed by atoms with van der Waals surface area (Å²) in [6.07, 6.45) is 4.49. The Morgan fingerprint density at radius 2 is 2.05 bits per heavy atom. The summed E-state index contributed by atoms with van der Waals surface area (Å²) in [4.78, 5) is 4.38. The fourth-order valence-corrected chi connectivity index (χ4v) is 2.22. The van der Waals surface area contributed by atoms with Gasteiger partial charge >= 0.3 is 6.08 Å². The van der Waals surface area contributed by atoms with Crippen molar-refractivity contribution in [2.45, 2.75) is 51.6 Å². The molecule has 3 rings (SSSR count). The standard InChI is InChI=1S/C17H22N2O2/c1-17(2,3)14-6-4-5-7-15(14)21-16-19-13(11-20-16)10-18-12-8-9-12/h4-7,11-12,18H,8-10H2,1-3H3. The van der Waals surface area contributed by atoms with Crippen LogP contribution in [0.25, 0.3) is 0 Å². The lowest BCUT2D eigenvalue weighted by atomic mass is 9.86. The van der Waals surface area contributed by atoms with Crippen LogP contribution < -0.4 is 10.1 Å². The Morgan fingerprint density at radius 1 is 1.29 bits per heavy atom. The first-order chi connectivity index (χ1) is 10.0. The molecule has 21 heavy (non-hydrogen) atoms. The Balaban J connectivity index is 1.71. The number of oxazole rings is 1. The van der Waals surface area contributed by atoms with E-state index >= 15 is 0 Å². The van der Waals surface area contributed by atoms with Crippen LogP contribution >= 0.6 is 0 Å². The maximum Gasteiger partial charge on any atom is 0.399 e. The first-order valence-electron chi connectivity index (χ1n) is 7.47. The molecule has 0 atom stereocenters. The van der Waals surface area contributed by atoms with Crippen LogP contribution in [0.5, 0.6) is 11.8 Å². The van der Waals surface area contributed by atoms with E-state index in [4.69, 9.17) is 9.15 Å². The van der Waals surface area contributed by atoms with Gasteiger partial charge in [0.25, 0.3) is 0 Å². The van der Waals surface area contributed by atoms with Gasteiger partial charge in [0.2, 0.25) is 0 Å². The van der Waals surface area contributed by atoms with Crippen molar-refractivity contribution in [3.63, 3.8) is 0 Å². The topological polar surface area (TPSA) is 47.3 Å². The van der Waals surface area contributed by atoms with Gasteiger partial charge in [0.15, 0.2) is 0 Å². The van der Waals surface area contributed by atoms with Gasteiger partial charge in [0, 0.05) is 18.2 Å². The van der Waals surface area contributed by atoms with E-state index in [9.17, 15) is 0 Å². The highest BCUT2D eigenvalue weighted by Crippen LogP contribution is 2.33. The average molecular weight is 286 g/mol. The molecule has 1 aromatic heterocycles. The molecule has 4 heteroatoms. The van der Waals surface area contributed by atoms with Crippen LogP contribution in [0.1, 0.15) is 44.9 Å². The minimum absolute atomic E-state index is 0.0134. The van der Waals surface area contributed by atoms with Crippen molar-refractivity contribution in [3.05, 3.63) is 41.8 Å². The third kappa shape index (κ3) is 3.64. The number of nitrogens with zero attached hydrogens (tertiary/aromatic N) is 1. The van der Waals surface area contributed by atoms with E-state index in [-0.39, 0.29) is 5.41 Å². The van der Waals surface area contributed by atoms with Crippen LogP contribution in [0, 0.1) is 0 Å². The summed E-state index contributed by atoms with van der Waals surface area (Å²) in [5, 5.41) is 3.41. The van der Waals surface area contributed by atoms with Crippen molar-refractivity contribution in [3.8, 4) is 11.8 Å². The summed E-state index contributed by atoms with van der Waals surface area (Å²) in [6.45, 7) is 7.22. The van der Waals surface area contributed by atoms with Gasteiger partial charge in [-0.15, -0.1) is 0 Å². The summed E-state index contributed by atoms with van der Waals surface area (Å²) < 4.78 is 11.2. The van der Waals surface area contributed by atoms with E-state index in [0.717, 1.165) is 23.6 Å². The summed E-state index contributed by atoms with van der Waals surface area (Å²) >= 11 is 0. The minimum atomic E-state index is 0.0134. The zero-order valence-electron chi connectivity index (χ0n) is 12.8. The lowest BCUT2D eigenvalue weighted by molar-refractivity contribution is 0.324. The van der Waals surface area contributed by atoms with Gasteiger partial charge in [0.05, 0.1) is 5.69 Å². The summed E-state index contributed by atoms with van der Waals surface area (Å²) in [5.41, 5.74) is 2.03. The van der Waals surface area contributed by atoms with E-state index < -0.39 is 0 Å². The monoisotopic (exact) mass is 286 g/mol. The molecule has 0 bridgehead atoms. The van der Waals surface area contributed by atoms with Gasteiger partial charge in [0.1, 0.15) is 12.0 Å². The normalized spacial score (nSPS) is 15.2. The fourth-order valence-electron chi connectivity index (χ4n) is 2.22. The molecule has 1 N–H and O–H groups in total. The number of nitrogens with one attached hydrogen (secondary N) is 1. The maximum atomic E-state index is 5.83. The van der Waals surface area contributed by atoms with Gasteiger partial charge in [-0.05, 0) is 24.3 Å². The van der Waals surface area contributed by atoms with Crippen molar-refractivity contribution in [1.29, 1.82) is 0 Å². The SMILES string of the molecule is CC(C)(C)c1ccccc1Oc1nc(CNC2CC2)co1. The second-order valence-corrected chi connectivity index (χ2v) is 6.61. The third-order valence-corrected chi connectivity index (χ3v) is 3.57. The Kier molecular flexibility index (Phi) is 3.72. The first kappa shape index (κ1) is 14.1. The predicted molar refractivity (Wildman–Crippen MR) is 81.6 cm³/mol. The second-order valence-electron chi connectivity index (χ2n) is 6.61. The summed E-state index contributed by atoms with van der Waals surface area (Å²) in [5.74, 6) is 0.800. The van der Waals surface area contributed by atoms with Crippen LogP contribution in [0.3, 0.4) is 0 Å². The number of hydrogen-bond donors (Lipinski definition) is 1. The molecule has 0 amide bonds. The van der Waals surface area contributed by atoms with E-state index in [1.165, 1.54) is 12.8 Å². The molecule has 1 aliphatic rings. The smallest absolute Gasteiger partial charge is 0.399 e. The van der Waals surface area contributed by atoms with Gasteiger partial charge in [-0.25, -0.2) is 0 Å². The summed E-state index contributed by atoms with van der Waals surface area (Å²) in [7, 11) is 0. The number of benzene rings is 1. The van der Waals surface area contributed by atoms with Gasteiger partial charge in [-0.3, -0.25) is 0 Å². The molecule has 1 saturated carbocycles. The van der Waals surface area contributed by atoms with Crippen LogP contribution in [-0.2, 0) is 12.0 Å². The maximum absolute atomic E-state index is 5.83. The summed E-state index contributed by atoms with van der Waals surface area (Å²) in [6, 6.07) is 8.67. The molecule has 2 aromatic rings. The van der Waals surface area contributed by atoms with E-state index in [1.807, 2.05) is 18.2 Å². The lowest BCUT2D eigenvalue weighted by Crippen LogP contribution is -2.15. The minimum Gasteiger partial charge on any atom is -0.417 e. The molecule has 1 fully saturated rings. The Bertz CT molecular complexity index is 609. The molecule has 4 nitrogen and oxygen atoms in total. The Morgan fingerprint density at radius 3 is 2.76 bits per heavy atom. The van der Waals surface area contributed by atoms with Crippen LogP contribution in [0.4, 0.5) is 0 Å². The molecule has 0 saturated heterocycles. The predicted octanol–water partition coefficient (Wildman–Crippen LogP) is 4.02. The number of para-hydroxylation sites is 1. The highest BCUT2D eigenvalue weighted by atomic mass is 16.6. The third-order valence-electron chi connectivity index (χ3n) is 3.57. The van der Waals surface area contributed by atoms with Gasteiger partial charge < -0.3 is 14.5 Å². The average Bonchev–Trinajstić information content (AvgIpc) is 3.16. The molecular formula is C17H22N2O2. The molecular weight excluding hydrogens is 264 g/mol. The van der Waals surface area contributed by atoms with E-state index in [1.54, 1.807) is 6.26 Å². The number of aromatic nitrogens is 1. The van der Waals surface area contributed by atoms with Crippen molar-refractivity contribution < 1.29 is 9.15 Å². The van der Waals surface area contributed by atoms with Crippen molar-refractivity contribution in [2.24, 2.45) is 0 Å². The molecule has 0 spiro atoms. The van der Waals surface area contributed by atoms with Crippen molar-refractivity contribution in [2.75, 3.05) is 0 Å². The van der Waals surface area contributed by atoms with Crippen molar-refractivity contribution in [1.82, 2.24) is 10.3 Å². The quantitative estimate of drug-likeness (QED) is 0.902. The number of hydrogen-bond acceptors (Lipinski definition) is 4. The molecule has 1 aliphatic carbocycles. The molecule has 1 aromatic carbocycles. The zero-order valence-corrected chi connectivity index (χ0v) is 12.8. The van der Waals surface area contributed by atoms with Crippen LogP contribution in [0.15, 0.2) is 34.9 Å². The molecule has 1 heterocycles. The van der Waals surface area contributed by atoms with Gasteiger partial charge in [-0.2, -0.15) is 4.98 Å². The van der Waals surface area contributed by atoms with E-state index in [0.29, 0.717) is 12.1 Å². The fraction of sp³-hybridized carbons (Fsp3) is 0.471. The zero-order chi connectivity index (χ0) is 14.9. The van der Waals surface area contributed by atoms with E-state index in [2.05, 4.69) is 37.1 Å².